The van der Waals surface area contributed by atoms with Crippen molar-refractivity contribution in [1.29, 1.82) is 0 Å². The molecule has 0 fully saturated rings. The molecule has 6 nitrogen and oxygen atoms in total. The van der Waals surface area contributed by atoms with E-state index in [2.05, 4.69) is 22.8 Å². The second-order valence-electron chi connectivity index (χ2n) is 6.85. The lowest BCUT2D eigenvalue weighted by Crippen LogP contribution is -2.34. The van der Waals surface area contributed by atoms with Crippen LogP contribution in [0.25, 0.3) is 0 Å². The maximum atomic E-state index is 11.8. The highest BCUT2D eigenvalue weighted by Crippen LogP contribution is 2.19. The molecule has 0 saturated heterocycles. The van der Waals surface area contributed by atoms with Crippen molar-refractivity contribution in [1.82, 2.24) is 10.7 Å². The molecule has 7 heteroatoms. The number of nitrogens with zero attached hydrogens (tertiary/aromatic N) is 1. The van der Waals surface area contributed by atoms with Crippen LogP contribution in [0.1, 0.15) is 76.7 Å². The summed E-state index contributed by atoms with van der Waals surface area (Å²) in [5.41, 5.74) is 2.69. The average molecular weight is 410 g/mol. The molecule has 1 aromatic carbocycles. The zero-order chi connectivity index (χ0) is 20.6. The Bertz CT molecular complexity index is 635. The number of nitrogens with one attached hydrogen (secondary N) is 2. The molecule has 0 aromatic heterocycles. The summed E-state index contributed by atoms with van der Waals surface area (Å²) in [6, 6.07) is 4.52. The number of amides is 2. The second-order valence-corrected chi connectivity index (χ2v) is 7.29. The molecule has 2 amide bonds. The van der Waals surface area contributed by atoms with Gasteiger partial charge in [-0.2, -0.15) is 5.10 Å². The van der Waals surface area contributed by atoms with Crippen molar-refractivity contribution in [2.45, 2.75) is 71.1 Å². The van der Waals surface area contributed by atoms with Crippen LogP contribution in [0.15, 0.2) is 23.3 Å². The first-order valence-electron chi connectivity index (χ1n) is 10.1. The molecule has 0 heterocycles. The summed E-state index contributed by atoms with van der Waals surface area (Å²) in [5, 5.41) is 16.4. The van der Waals surface area contributed by atoms with E-state index >= 15 is 0 Å². The number of hydrazone groups is 1. The van der Waals surface area contributed by atoms with Crippen LogP contribution >= 0.6 is 11.6 Å². The Kier molecular flexibility index (Phi) is 12.8. The van der Waals surface area contributed by atoms with Crippen LogP contribution in [-0.2, 0) is 9.59 Å². The molecule has 156 valence electrons. The lowest BCUT2D eigenvalue weighted by molar-refractivity contribution is -0.126. The van der Waals surface area contributed by atoms with Crippen molar-refractivity contribution < 1.29 is 14.7 Å². The number of carbonyl (C=O) groups excluding carboxylic acids is 2. The fourth-order valence-corrected chi connectivity index (χ4v) is 2.89. The maximum Gasteiger partial charge on any atom is 0.259 e. The van der Waals surface area contributed by atoms with E-state index in [0.717, 1.165) is 19.3 Å². The lowest BCUT2D eigenvalue weighted by atomic mass is 10.1. The second kappa shape index (κ2) is 14.9. The van der Waals surface area contributed by atoms with Gasteiger partial charge in [0.1, 0.15) is 5.75 Å². The number of aromatic hydroxyl groups is 1. The average Bonchev–Trinajstić information content (AvgIpc) is 2.67. The van der Waals surface area contributed by atoms with Gasteiger partial charge in [0.15, 0.2) is 0 Å². The third kappa shape index (κ3) is 11.6. The molecule has 0 saturated carbocycles. The van der Waals surface area contributed by atoms with Crippen LogP contribution in [0.3, 0.4) is 0 Å². The summed E-state index contributed by atoms with van der Waals surface area (Å²) in [7, 11) is 0. The predicted octanol–water partition coefficient (Wildman–Crippen LogP) is 4.53. The molecule has 0 bridgehead atoms. The van der Waals surface area contributed by atoms with Crippen LogP contribution in [0.5, 0.6) is 5.75 Å². The SMILES string of the molecule is CCCCCCCCCCCC(=O)NCC(=O)NN=Cc1cc(Cl)ccc1O. The van der Waals surface area contributed by atoms with E-state index in [9.17, 15) is 14.7 Å². The Labute approximate surface area is 172 Å². The molecule has 0 radical (unpaired) electrons. The molecule has 1 aromatic rings. The molecular weight excluding hydrogens is 378 g/mol. The summed E-state index contributed by atoms with van der Waals surface area (Å²) < 4.78 is 0. The molecule has 0 atom stereocenters. The van der Waals surface area contributed by atoms with Crippen molar-refractivity contribution in [3.63, 3.8) is 0 Å². The quantitative estimate of drug-likeness (QED) is 0.239. The summed E-state index contributed by atoms with van der Waals surface area (Å²) in [6.07, 6.45) is 12.5. The Hall–Kier alpha value is -2.08. The van der Waals surface area contributed by atoms with Gasteiger partial charge in [-0.05, 0) is 24.6 Å². The third-order valence-corrected chi connectivity index (χ3v) is 4.57. The van der Waals surface area contributed by atoms with Crippen LogP contribution in [0, 0.1) is 0 Å². The maximum absolute atomic E-state index is 11.8. The first-order chi connectivity index (χ1) is 13.5. The van der Waals surface area contributed by atoms with Crippen LogP contribution < -0.4 is 10.7 Å². The van der Waals surface area contributed by atoms with E-state index in [-0.39, 0.29) is 18.2 Å². The van der Waals surface area contributed by atoms with Gasteiger partial charge in [0.2, 0.25) is 5.91 Å². The molecule has 3 N–H and O–H groups in total. The number of unbranched alkanes of at least 4 members (excludes halogenated alkanes) is 8. The Morgan fingerprint density at radius 1 is 1.04 bits per heavy atom. The molecule has 0 aliphatic carbocycles. The van der Waals surface area contributed by atoms with Gasteiger partial charge in [-0.25, -0.2) is 5.43 Å². The van der Waals surface area contributed by atoms with Crippen molar-refractivity contribution in [2.75, 3.05) is 6.54 Å². The number of benzene rings is 1. The summed E-state index contributed by atoms with van der Waals surface area (Å²) in [6.45, 7) is 2.09. The van der Waals surface area contributed by atoms with E-state index in [1.54, 1.807) is 6.07 Å². The fourth-order valence-electron chi connectivity index (χ4n) is 2.71. The molecule has 1 rings (SSSR count). The Balaban J connectivity index is 2.07. The monoisotopic (exact) mass is 409 g/mol. The number of hydrogen-bond donors (Lipinski definition) is 3. The standard InChI is InChI=1S/C21H32ClN3O3/c1-2-3-4-5-6-7-8-9-10-11-20(27)23-16-21(28)25-24-15-17-14-18(22)12-13-19(17)26/h12-15,26H,2-11,16H2,1H3,(H,23,27)(H,25,28). The Morgan fingerprint density at radius 3 is 2.36 bits per heavy atom. The van der Waals surface area contributed by atoms with Crippen molar-refractivity contribution in [3.05, 3.63) is 28.8 Å². The number of phenolic OH excluding ortho intramolecular Hbond substituents is 1. The van der Waals surface area contributed by atoms with Gasteiger partial charge in [0.05, 0.1) is 12.8 Å². The van der Waals surface area contributed by atoms with Crippen molar-refractivity contribution in [2.24, 2.45) is 5.10 Å². The smallest absolute Gasteiger partial charge is 0.259 e. The minimum atomic E-state index is -0.432. The minimum absolute atomic E-state index is 0.0108. The fraction of sp³-hybridized carbons (Fsp3) is 0.571. The highest BCUT2D eigenvalue weighted by atomic mass is 35.5. The molecule has 0 unspecified atom stereocenters. The summed E-state index contributed by atoms with van der Waals surface area (Å²) >= 11 is 5.83. The molecular formula is C21H32ClN3O3. The van der Waals surface area contributed by atoms with Gasteiger partial charge in [-0.15, -0.1) is 0 Å². The summed E-state index contributed by atoms with van der Waals surface area (Å²) in [4.78, 5) is 23.4. The summed E-state index contributed by atoms with van der Waals surface area (Å²) in [5.74, 6) is -0.551. The van der Waals surface area contributed by atoms with E-state index < -0.39 is 5.91 Å². The van der Waals surface area contributed by atoms with Crippen LogP contribution in [0.4, 0.5) is 0 Å². The van der Waals surface area contributed by atoms with Crippen molar-refractivity contribution >= 4 is 29.6 Å². The Morgan fingerprint density at radius 2 is 1.68 bits per heavy atom. The zero-order valence-corrected chi connectivity index (χ0v) is 17.4. The molecule has 0 spiro atoms. The highest BCUT2D eigenvalue weighted by molar-refractivity contribution is 6.30. The molecule has 0 aliphatic rings. The van der Waals surface area contributed by atoms with Gasteiger partial charge in [0.25, 0.3) is 5.91 Å². The number of halogens is 1. The molecule has 28 heavy (non-hydrogen) atoms. The van der Waals surface area contributed by atoms with Gasteiger partial charge >= 0.3 is 0 Å². The van der Waals surface area contributed by atoms with Crippen LogP contribution in [0.2, 0.25) is 5.02 Å². The number of rotatable bonds is 14. The van der Waals surface area contributed by atoms with E-state index in [4.69, 9.17) is 11.6 Å². The van der Waals surface area contributed by atoms with E-state index in [0.29, 0.717) is 17.0 Å². The highest BCUT2D eigenvalue weighted by Gasteiger charge is 2.05. The molecule has 0 aliphatic heterocycles. The first kappa shape index (κ1) is 24.0. The van der Waals surface area contributed by atoms with Gasteiger partial charge < -0.3 is 10.4 Å². The van der Waals surface area contributed by atoms with Crippen molar-refractivity contribution in [3.8, 4) is 5.75 Å². The topological polar surface area (TPSA) is 90.8 Å². The minimum Gasteiger partial charge on any atom is -0.507 e. The predicted molar refractivity (Wildman–Crippen MR) is 114 cm³/mol. The first-order valence-corrected chi connectivity index (χ1v) is 10.5. The van der Waals surface area contributed by atoms with Gasteiger partial charge in [-0.1, -0.05) is 69.9 Å². The zero-order valence-electron chi connectivity index (χ0n) is 16.7. The number of hydrogen-bond acceptors (Lipinski definition) is 4. The van der Waals surface area contributed by atoms with Gasteiger partial charge in [-0.3, -0.25) is 9.59 Å². The van der Waals surface area contributed by atoms with E-state index in [1.165, 1.54) is 56.9 Å². The number of phenols is 1. The van der Waals surface area contributed by atoms with Crippen LogP contribution in [-0.4, -0.2) is 29.7 Å². The number of carbonyl (C=O) groups is 2. The largest absolute Gasteiger partial charge is 0.507 e. The van der Waals surface area contributed by atoms with E-state index in [1.807, 2.05) is 0 Å². The normalized spacial score (nSPS) is 10.9. The third-order valence-electron chi connectivity index (χ3n) is 4.34. The lowest BCUT2D eigenvalue weighted by Gasteiger charge is -2.05. The van der Waals surface area contributed by atoms with Gasteiger partial charge in [0, 0.05) is 17.0 Å².